The number of aromatic amines is 1. The zero-order chi connectivity index (χ0) is 26.0. The van der Waals surface area contributed by atoms with Gasteiger partial charge in [0.1, 0.15) is 5.82 Å². The van der Waals surface area contributed by atoms with Gasteiger partial charge in [0, 0.05) is 25.0 Å². The van der Waals surface area contributed by atoms with Gasteiger partial charge < -0.3 is 5.73 Å². The number of nitrogens with zero attached hydrogens (tertiary/aromatic N) is 4. The average molecular weight is 483 g/mol. The molecule has 0 bridgehead atoms. The Hall–Kier alpha value is -3.69. The number of hydrogen-bond donors (Lipinski definition) is 2. The lowest BCUT2D eigenvalue weighted by molar-refractivity contribution is 0.0978. The Labute approximate surface area is 203 Å². The Balaban J connectivity index is 2.30. The first-order valence-electron chi connectivity index (χ1n) is 11.9. The lowest BCUT2D eigenvalue weighted by Crippen LogP contribution is -2.44. The van der Waals surface area contributed by atoms with Crippen molar-refractivity contribution in [1.29, 1.82) is 0 Å². The number of hydrogen-bond acceptors (Lipinski definition) is 6. The fraction of sp³-hybridized carbons (Fsp3) is 0.480. The van der Waals surface area contributed by atoms with Crippen molar-refractivity contribution >= 4 is 28.2 Å². The van der Waals surface area contributed by atoms with Gasteiger partial charge in [0.15, 0.2) is 11.4 Å². The van der Waals surface area contributed by atoms with Crippen LogP contribution in [0.1, 0.15) is 52.0 Å². The summed E-state index contributed by atoms with van der Waals surface area (Å²) in [5, 5.41) is 5.19. The highest BCUT2D eigenvalue weighted by Gasteiger charge is 2.29. The lowest BCUT2D eigenvalue weighted by atomic mass is 10.1. The van der Waals surface area contributed by atoms with E-state index >= 15 is 0 Å². The van der Waals surface area contributed by atoms with E-state index in [0.29, 0.717) is 17.3 Å². The molecule has 0 aliphatic heterocycles. The number of fused-ring (bicyclic) bond motifs is 1. The molecule has 0 aliphatic rings. The van der Waals surface area contributed by atoms with Crippen LogP contribution in [0.3, 0.4) is 0 Å². The number of H-pyrrole nitrogens is 1. The van der Waals surface area contributed by atoms with Crippen molar-refractivity contribution in [3.05, 3.63) is 61.2 Å². The molecule has 3 rings (SSSR count). The van der Waals surface area contributed by atoms with Crippen molar-refractivity contribution in [3.63, 3.8) is 0 Å². The number of carbonyl (C=O) groups is 1. The van der Waals surface area contributed by atoms with Gasteiger partial charge in [0.2, 0.25) is 0 Å². The molecular weight excluding hydrogens is 448 g/mol. The van der Waals surface area contributed by atoms with Crippen molar-refractivity contribution in [2.45, 2.75) is 54.6 Å². The molecule has 0 fully saturated rings. The summed E-state index contributed by atoms with van der Waals surface area (Å²) in [6.07, 6.45) is 0. The molecule has 0 saturated carbocycles. The van der Waals surface area contributed by atoms with E-state index in [9.17, 15) is 19.2 Å². The van der Waals surface area contributed by atoms with Crippen LogP contribution in [-0.4, -0.2) is 31.8 Å². The third kappa shape index (κ3) is 5.36. The summed E-state index contributed by atoms with van der Waals surface area (Å²) in [5.41, 5.74) is 4.61. The van der Waals surface area contributed by atoms with Crippen LogP contribution in [-0.2, 0) is 13.1 Å². The predicted octanol–water partition coefficient (Wildman–Crippen LogP) is 2.44. The van der Waals surface area contributed by atoms with E-state index in [4.69, 9.17) is 5.73 Å². The van der Waals surface area contributed by atoms with Gasteiger partial charge in [-0.05, 0) is 23.8 Å². The molecule has 188 valence electrons. The standard InChI is InChI=1S/C25H34N6O4/c1-14(2)11-29(20-21(26)30(12-15(3)4)25(35)27-22(20)32)24(34)19-17-9-7-8-10-18(17)23(33)31(28-19)13-16(5)6/h7-10,14-16H,11-13,26H2,1-6H3,(H,27,32,35). The van der Waals surface area contributed by atoms with Gasteiger partial charge in [-0.1, -0.05) is 59.7 Å². The van der Waals surface area contributed by atoms with E-state index < -0.39 is 17.2 Å². The number of rotatable bonds is 8. The molecule has 0 radical (unpaired) electrons. The number of amides is 1. The fourth-order valence-corrected chi connectivity index (χ4v) is 4.02. The molecule has 1 aromatic carbocycles. The Morgan fingerprint density at radius 2 is 1.57 bits per heavy atom. The maximum absolute atomic E-state index is 14.0. The minimum Gasteiger partial charge on any atom is -0.383 e. The van der Waals surface area contributed by atoms with Gasteiger partial charge >= 0.3 is 5.69 Å². The van der Waals surface area contributed by atoms with Gasteiger partial charge in [-0.2, -0.15) is 5.10 Å². The molecule has 0 saturated heterocycles. The number of anilines is 2. The molecule has 10 heteroatoms. The van der Waals surface area contributed by atoms with Crippen molar-refractivity contribution in [1.82, 2.24) is 19.3 Å². The van der Waals surface area contributed by atoms with Crippen LogP contribution in [0.15, 0.2) is 38.6 Å². The summed E-state index contributed by atoms with van der Waals surface area (Å²) >= 11 is 0. The SMILES string of the molecule is CC(C)CN(C(=O)c1nn(CC(C)C)c(=O)c2ccccc12)c1c(N)n(CC(C)C)c(=O)[nH]c1=O. The zero-order valence-corrected chi connectivity index (χ0v) is 21.2. The third-order valence-electron chi connectivity index (χ3n) is 5.43. The smallest absolute Gasteiger partial charge is 0.330 e. The van der Waals surface area contributed by atoms with Gasteiger partial charge in [-0.25, -0.2) is 9.48 Å². The summed E-state index contributed by atoms with van der Waals surface area (Å²) < 4.78 is 2.56. The van der Waals surface area contributed by atoms with Gasteiger partial charge in [0.25, 0.3) is 17.0 Å². The highest BCUT2D eigenvalue weighted by Crippen LogP contribution is 2.23. The monoisotopic (exact) mass is 482 g/mol. The van der Waals surface area contributed by atoms with Crippen molar-refractivity contribution in [3.8, 4) is 0 Å². The maximum atomic E-state index is 14.0. The molecule has 3 aromatic rings. The van der Waals surface area contributed by atoms with Gasteiger partial charge in [-0.15, -0.1) is 0 Å². The average Bonchev–Trinajstić information content (AvgIpc) is 2.76. The van der Waals surface area contributed by atoms with E-state index in [0.717, 1.165) is 0 Å². The first-order chi connectivity index (χ1) is 16.4. The van der Waals surface area contributed by atoms with Crippen LogP contribution in [0.2, 0.25) is 0 Å². The van der Waals surface area contributed by atoms with Crippen molar-refractivity contribution < 1.29 is 4.79 Å². The van der Waals surface area contributed by atoms with Crippen LogP contribution >= 0.6 is 0 Å². The second-order valence-electron chi connectivity index (χ2n) is 10.1. The molecule has 0 atom stereocenters. The molecule has 3 N–H and O–H groups in total. The Bertz CT molecular complexity index is 1410. The number of carbonyl (C=O) groups excluding carboxylic acids is 1. The van der Waals surface area contributed by atoms with E-state index in [1.807, 2.05) is 41.5 Å². The number of benzene rings is 1. The van der Waals surface area contributed by atoms with Crippen LogP contribution < -0.4 is 27.4 Å². The number of nitrogens with one attached hydrogen (secondary N) is 1. The lowest BCUT2D eigenvalue weighted by Gasteiger charge is -2.26. The minimum absolute atomic E-state index is 0.0314. The van der Waals surface area contributed by atoms with E-state index in [1.165, 1.54) is 14.1 Å². The molecular formula is C25H34N6O4. The van der Waals surface area contributed by atoms with Crippen LogP contribution in [0.4, 0.5) is 11.5 Å². The Kier molecular flexibility index (Phi) is 7.62. The third-order valence-corrected chi connectivity index (χ3v) is 5.43. The van der Waals surface area contributed by atoms with Crippen molar-refractivity contribution in [2.24, 2.45) is 17.8 Å². The Morgan fingerprint density at radius 1 is 0.971 bits per heavy atom. The largest absolute Gasteiger partial charge is 0.383 e. The summed E-state index contributed by atoms with van der Waals surface area (Å²) in [7, 11) is 0. The fourth-order valence-electron chi connectivity index (χ4n) is 4.02. The first-order valence-corrected chi connectivity index (χ1v) is 11.9. The number of aromatic nitrogens is 4. The summed E-state index contributed by atoms with van der Waals surface area (Å²) in [5.74, 6) is -0.487. The topological polar surface area (TPSA) is 136 Å². The number of nitrogen functional groups attached to an aromatic ring is 1. The molecule has 2 heterocycles. The summed E-state index contributed by atoms with van der Waals surface area (Å²) in [6, 6.07) is 6.78. The number of nitrogens with two attached hydrogens (primary N) is 1. The predicted molar refractivity (Wildman–Crippen MR) is 138 cm³/mol. The summed E-state index contributed by atoms with van der Waals surface area (Å²) in [6.45, 7) is 12.3. The normalized spacial score (nSPS) is 11.7. The highest BCUT2D eigenvalue weighted by atomic mass is 16.2. The molecule has 0 spiro atoms. The first kappa shape index (κ1) is 25.9. The molecule has 35 heavy (non-hydrogen) atoms. The van der Waals surface area contributed by atoms with Crippen LogP contribution in [0.25, 0.3) is 10.8 Å². The highest BCUT2D eigenvalue weighted by molar-refractivity contribution is 6.13. The summed E-state index contributed by atoms with van der Waals surface area (Å²) in [4.78, 5) is 56.0. The second-order valence-corrected chi connectivity index (χ2v) is 10.1. The van der Waals surface area contributed by atoms with Crippen LogP contribution in [0.5, 0.6) is 0 Å². The quantitative estimate of drug-likeness (QED) is 0.506. The second kappa shape index (κ2) is 10.3. The molecule has 2 aromatic heterocycles. The zero-order valence-electron chi connectivity index (χ0n) is 21.2. The minimum atomic E-state index is -0.749. The molecule has 0 aliphatic carbocycles. The van der Waals surface area contributed by atoms with Gasteiger partial charge in [0.05, 0.1) is 5.39 Å². The Morgan fingerprint density at radius 3 is 2.14 bits per heavy atom. The van der Waals surface area contributed by atoms with Gasteiger partial charge in [-0.3, -0.25) is 28.8 Å². The van der Waals surface area contributed by atoms with E-state index in [1.54, 1.807) is 24.3 Å². The molecule has 10 nitrogen and oxygen atoms in total. The van der Waals surface area contributed by atoms with E-state index in [2.05, 4.69) is 10.1 Å². The van der Waals surface area contributed by atoms with E-state index in [-0.39, 0.29) is 53.6 Å². The van der Waals surface area contributed by atoms with Crippen molar-refractivity contribution in [2.75, 3.05) is 17.2 Å². The maximum Gasteiger partial charge on any atom is 0.330 e. The molecule has 1 amide bonds. The van der Waals surface area contributed by atoms with Crippen LogP contribution in [0, 0.1) is 17.8 Å². The molecule has 0 unspecified atom stereocenters.